The van der Waals surface area contributed by atoms with E-state index in [1.54, 1.807) is 7.11 Å². The van der Waals surface area contributed by atoms with E-state index >= 15 is 0 Å². The number of methoxy groups -OCH3 is 1. The van der Waals surface area contributed by atoms with Gasteiger partial charge in [0.05, 0.1) is 12.0 Å². The summed E-state index contributed by atoms with van der Waals surface area (Å²) in [4.78, 5) is 11.3. The van der Waals surface area contributed by atoms with Crippen molar-refractivity contribution in [2.75, 3.05) is 7.11 Å². The van der Waals surface area contributed by atoms with Crippen LogP contribution in [0.1, 0.15) is 19.8 Å². The first-order valence-corrected chi connectivity index (χ1v) is 4.05. The van der Waals surface area contributed by atoms with Crippen molar-refractivity contribution in [2.24, 2.45) is 0 Å². The van der Waals surface area contributed by atoms with Crippen LogP contribution in [0.3, 0.4) is 0 Å². The van der Waals surface area contributed by atoms with Crippen LogP contribution >= 0.6 is 0 Å². The summed E-state index contributed by atoms with van der Waals surface area (Å²) in [6, 6.07) is 0. The Labute approximate surface area is 71.3 Å². The average Bonchev–Trinajstić information content (AvgIpc) is 2.23. The molecule has 0 aromatic heterocycles. The highest BCUT2D eigenvalue weighted by molar-refractivity contribution is 5.82. The molecule has 3 heteroatoms. The summed E-state index contributed by atoms with van der Waals surface area (Å²) in [6.45, 7) is 1.90. The van der Waals surface area contributed by atoms with Gasteiger partial charge >= 0.3 is 0 Å². The molecule has 2 rings (SSSR count). The SMILES string of the molecule is CO[C@]12C=C[C@](C)(CC(=O)C1)O2. The number of Topliss-reactive ketones (excluding diaryl/α,β-unsaturated/α-hetero) is 1. The van der Waals surface area contributed by atoms with Crippen molar-refractivity contribution in [1.82, 2.24) is 0 Å². The molecular weight excluding hydrogens is 156 g/mol. The van der Waals surface area contributed by atoms with Gasteiger partial charge in [0.25, 0.3) is 0 Å². The fourth-order valence-electron chi connectivity index (χ4n) is 1.87. The van der Waals surface area contributed by atoms with Crippen LogP contribution < -0.4 is 0 Å². The van der Waals surface area contributed by atoms with Crippen LogP contribution in [0, 0.1) is 0 Å². The molecule has 2 atom stereocenters. The Kier molecular flexibility index (Phi) is 1.44. The standard InChI is InChI=1S/C9H12O3/c1-8-3-4-9(11-2,12-8)6-7(10)5-8/h3-4H,5-6H2,1-2H3/t8-,9+/m1/s1. The number of fused-ring (bicyclic) bond motifs is 2. The molecule has 1 saturated heterocycles. The Morgan fingerprint density at radius 2 is 2.25 bits per heavy atom. The summed E-state index contributed by atoms with van der Waals surface area (Å²) in [5.74, 6) is -0.556. The number of hydrogen-bond donors (Lipinski definition) is 0. The number of ether oxygens (including phenoxy) is 2. The van der Waals surface area contributed by atoms with Crippen molar-refractivity contribution < 1.29 is 14.3 Å². The first-order valence-electron chi connectivity index (χ1n) is 4.05. The van der Waals surface area contributed by atoms with Crippen LogP contribution in [0.25, 0.3) is 0 Å². The number of carbonyl (C=O) groups excluding carboxylic acids is 1. The molecular formula is C9H12O3. The average molecular weight is 168 g/mol. The number of rotatable bonds is 1. The minimum absolute atomic E-state index is 0.204. The minimum Gasteiger partial charge on any atom is -0.349 e. The molecule has 0 amide bonds. The van der Waals surface area contributed by atoms with Crippen molar-refractivity contribution in [3.63, 3.8) is 0 Å². The second kappa shape index (κ2) is 2.18. The zero-order chi connectivity index (χ0) is 8.82. The lowest BCUT2D eigenvalue weighted by molar-refractivity contribution is -0.235. The van der Waals surface area contributed by atoms with Crippen LogP contribution in [0.4, 0.5) is 0 Å². The van der Waals surface area contributed by atoms with Crippen molar-refractivity contribution in [1.29, 1.82) is 0 Å². The molecule has 0 spiro atoms. The van der Waals surface area contributed by atoms with E-state index in [0.29, 0.717) is 12.8 Å². The van der Waals surface area contributed by atoms with Crippen molar-refractivity contribution in [3.8, 4) is 0 Å². The van der Waals surface area contributed by atoms with Crippen LogP contribution in [0.15, 0.2) is 12.2 Å². The fraction of sp³-hybridized carbons (Fsp3) is 0.667. The van der Waals surface area contributed by atoms with E-state index in [1.807, 2.05) is 19.1 Å². The van der Waals surface area contributed by atoms with Gasteiger partial charge in [0.2, 0.25) is 0 Å². The largest absolute Gasteiger partial charge is 0.349 e. The van der Waals surface area contributed by atoms with Gasteiger partial charge in [-0.3, -0.25) is 4.79 Å². The summed E-state index contributed by atoms with van der Waals surface area (Å²) >= 11 is 0. The van der Waals surface area contributed by atoms with E-state index in [2.05, 4.69) is 0 Å². The lowest BCUT2D eigenvalue weighted by atomic mass is 9.96. The molecule has 12 heavy (non-hydrogen) atoms. The summed E-state index contributed by atoms with van der Waals surface area (Å²) in [7, 11) is 1.56. The third kappa shape index (κ3) is 1.01. The van der Waals surface area contributed by atoms with Gasteiger partial charge in [-0.15, -0.1) is 0 Å². The van der Waals surface area contributed by atoms with E-state index < -0.39 is 11.4 Å². The van der Waals surface area contributed by atoms with E-state index in [0.717, 1.165) is 0 Å². The van der Waals surface area contributed by atoms with E-state index in [1.165, 1.54) is 0 Å². The molecule has 2 aliphatic heterocycles. The summed E-state index contributed by atoms with van der Waals surface area (Å²) in [5.41, 5.74) is -0.425. The van der Waals surface area contributed by atoms with E-state index in [9.17, 15) is 4.79 Å². The molecule has 0 unspecified atom stereocenters. The maximum Gasteiger partial charge on any atom is 0.195 e. The third-order valence-electron chi connectivity index (χ3n) is 2.43. The molecule has 0 aliphatic carbocycles. The Bertz CT molecular complexity index is 258. The predicted molar refractivity (Wildman–Crippen MR) is 42.6 cm³/mol. The number of hydrogen-bond acceptors (Lipinski definition) is 3. The predicted octanol–water partition coefficient (Wildman–Crippen LogP) is 1.04. The lowest BCUT2D eigenvalue weighted by Crippen LogP contribution is -2.44. The van der Waals surface area contributed by atoms with Gasteiger partial charge in [-0.25, -0.2) is 0 Å². The van der Waals surface area contributed by atoms with E-state index in [4.69, 9.17) is 9.47 Å². The number of carbonyl (C=O) groups is 1. The van der Waals surface area contributed by atoms with Gasteiger partial charge in [0.15, 0.2) is 5.79 Å². The Balaban J connectivity index is 2.32. The highest BCUT2D eigenvalue weighted by Gasteiger charge is 2.49. The minimum atomic E-state index is -0.760. The van der Waals surface area contributed by atoms with Crippen molar-refractivity contribution in [2.45, 2.75) is 31.2 Å². The quantitative estimate of drug-likeness (QED) is 0.549. The molecule has 0 N–H and O–H groups in total. The van der Waals surface area contributed by atoms with Crippen LogP contribution in [-0.4, -0.2) is 24.3 Å². The molecule has 0 aromatic carbocycles. The van der Waals surface area contributed by atoms with Gasteiger partial charge in [0, 0.05) is 13.5 Å². The summed E-state index contributed by atoms with van der Waals surface area (Å²) < 4.78 is 10.8. The first kappa shape index (κ1) is 7.95. The zero-order valence-corrected chi connectivity index (χ0v) is 7.29. The van der Waals surface area contributed by atoms with Crippen LogP contribution in [0.2, 0.25) is 0 Å². The van der Waals surface area contributed by atoms with Gasteiger partial charge < -0.3 is 9.47 Å². The highest BCUT2D eigenvalue weighted by atomic mass is 16.7. The molecule has 2 aliphatic rings. The second-order valence-electron chi connectivity index (χ2n) is 3.66. The summed E-state index contributed by atoms with van der Waals surface area (Å²) in [6.07, 6.45) is 4.57. The van der Waals surface area contributed by atoms with E-state index in [-0.39, 0.29) is 5.78 Å². The van der Waals surface area contributed by atoms with Crippen LogP contribution in [-0.2, 0) is 14.3 Å². The lowest BCUT2D eigenvalue weighted by Gasteiger charge is -2.36. The normalized spacial score (nSPS) is 45.3. The topological polar surface area (TPSA) is 35.5 Å². The first-order chi connectivity index (χ1) is 5.58. The van der Waals surface area contributed by atoms with Crippen LogP contribution in [0.5, 0.6) is 0 Å². The fourth-order valence-corrected chi connectivity index (χ4v) is 1.87. The molecule has 66 valence electrons. The van der Waals surface area contributed by atoms with Crippen molar-refractivity contribution >= 4 is 5.78 Å². The number of ketones is 1. The Hall–Kier alpha value is -0.670. The van der Waals surface area contributed by atoms with Gasteiger partial charge in [-0.2, -0.15) is 0 Å². The molecule has 0 radical (unpaired) electrons. The molecule has 1 fully saturated rings. The molecule has 2 bridgehead atoms. The molecule has 0 aromatic rings. The maximum absolute atomic E-state index is 11.3. The summed E-state index contributed by atoms with van der Waals surface area (Å²) in [5, 5.41) is 0. The molecule has 3 nitrogen and oxygen atoms in total. The third-order valence-corrected chi connectivity index (χ3v) is 2.43. The molecule has 0 saturated carbocycles. The van der Waals surface area contributed by atoms with Gasteiger partial charge in [-0.05, 0) is 13.0 Å². The van der Waals surface area contributed by atoms with Gasteiger partial charge in [0.1, 0.15) is 5.78 Å². The van der Waals surface area contributed by atoms with Gasteiger partial charge in [-0.1, -0.05) is 6.08 Å². The highest BCUT2D eigenvalue weighted by Crippen LogP contribution is 2.41. The molecule has 2 heterocycles. The zero-order valence-electron chi connectivity index (χ0n) is 7.29. The monoisotopic (exact) mass is 168 g/mol. The smallest absolute Gasteiger partial charge is 0.195 e. The second-order valence-corrected chi connectivity index (χ2v) is 3.66. The van der Waals surface area contributed by atoms with Crippen molar-refractivity contribution in [3.05, 3.63) is 12.2 Å². The maximum atomic E-state index is 11.3. The Morgan fingerprint density at radius 1 is 1.50 bits per heavy atom. The Morgan fingerprint density at radius 3 is 2.92 bits per heavy atom.